The summed E-state index contributed by atoms with van der Waals surface area (Å²) in [6, 6.07) is 0. The van der Waals surface area contributed by atoms with Crippen molar-refractivity contribution in [1.29, 1.82) is 0 Å². The zero-order valence-electron chi connectivity index (χ0n) is 13.0. The average molecular weight is 359 g/mol. The van der Waals surface area contributed by atoms with E-state index in [0.717, 1.165) is 16.3 Å². The Kier molecular flexibility index (Phi) is 3.47. The van der Waals surface area contributed by atoms with Crippen LogP contribution in [0.3, 0.4) is 0 Å². The zero-order chi connectivity index (χ0) is 16.8. The zero-order valence-corrected chi connectivity index (χ0v) is 14.6. The maximum absolute atomic E-state index is 12.7. The first-order chi connectivity index (χ1) is 11.6. The van der Waals surface area contributed by atoms with Crippen LogP contribution in [0.4, 0.5) is 0 Å². The number of carbonyl (C=O) groups is 1. The van der Waals surface area contributed by atoms with E-state index in [0.29, 0.717) is 11.5 Å². The van der Waals surface area contributed by atoms with E-state index in [1.165, 1.54) is 26.8 Å². The fraction of sp³-hybridized carbons (Fsp3) is 0.200. The van der Waals surface area contributed by atoms with Crippen LogP contribution in [0.15, 0.2) is 34.1 Å². The fourth-order valence-electron chi connectivity index (χ4n) is 2.60. The Morgan fingerprint density at radius 2 is 1.92 bits per heavy atom. The molecule has 0 fully saturated rings. The fourth-order valence-corrected chi connectivity index (χ4v) is 4.06. The lowest BCUT2D eigenvalue weighted by molar-refractivity contribution is 0.0780. The Hall–Kier alpha value is -2.52. The molecule has 0 saturated heterocycles. The topological polar surface area (TPSA) is 72.0 Å². The third kappa shape index (κ3) is 2.24. The van der Waals surface area contributed by atoms with E-state index in [1.54, 1.807) is 30.0 Å². The Morgan fingerprint density at radius 3 is 2.71 bits per heavy atom. The third-order valence-corrected chi connectivity index (χ3v) is 5.40. The van der Waals surface area contributed by atoms with Gasteiger partial charge in [0.2, 0.25) is 0 Å². The summed E-state index contributed by atoms with van der Waals surface area (Å²) in [6.45, 7) is 2.29. The molecule has 0 aromatic carbocycles. The second kappa shape index (κ2) is 5.53. The van der Waals surface area contributed by atoms with Crippen molar-refractivity contribution in [3.05, 3.63) is 56.7 Å². The number of fused-ring (bicyclic) bond motifs is 2. The quantitative estimate of drug-likeness (QED) is 0.561. The SMILES string of the molecule is Cc1nc2sccn2c1CN(C)C(=O)c1cnc2sccn2c1=O. The van der Waals surface area contributed by atoms with Crippen LogP contribution in [0.25, 0.3) is 9.92 Å². The maximum atomic E-state index is 12.7. The highest BCUT2D eigenvalue weighted by Crippen LogP contribution is 2.18. The van der Waals surface area contributed by atoms with E-state index in [-0.39, 0.29) is 17.0 Å². The average Bonchev–Trinajstić information content (AvgIpc) is 3.26. The number of aryl methyl sites for hydroxylation is 1. The van der Waals surface area contributed by atoms with Gasteiger partial charge in [-0.1, -0.05) is 0 Å². The minimum Gasteiger partial charge on any atom is -0.336 e. The second-order valence-electron chi connectivity index (χ2n) is 5.39. The van der Waals surface area contributed by atoms with Gasteiger partial charge in [-0.15, -0.1) is 22.7 Å². The van der Waals surface area contributed by atoms with Crippen LogP contribution in [-0.2, 0) is 6.54 Å². The monoisotopic (exact) mass is 359 g/mol. The molecule has 4 aromatic heterocycles. The summed E-state index contributed by atoms with van der Waals surface area (Å²) in [4.78, 5) is 36.8. The molecule has 9 heteroatoms. The molecule has 7 nitrogen and oxygen atoms in total. The first kappa shape index (κ1) is 15.0. The summed E-state index contributed by atoms with van der Waals surface area (Å²) < 4.78 is 3.36. The van der Waals surface area contributed by atoms with E-state index in [1.807, 2.05) is 22.9 Å². The number of imidazole rings is 1. The first-order valence-electron chi connectivity index (χ1n) is 7.17. The lowest BCUT2D eigenvalue weighted by Crippen LogP contribution is -2.33. The van der Waals surface area contributed by atoms with Gasteiger partial charge in [0.25, 0.3) is 11.5 Å². The molecule has 0 aliphatic carbocycles. The molecular weight excluding hydrogens is 346 g/mol. The van der Waals surface area contributed by atoms with Gasteiger partial charge in [-0.3, -0.25) is 18.4 Å². The summed E-state index contributed by atoms with van der Waals surface area (Å²) in [6.07, 6.45) is 4.92. The van der Waals surface area contributed by atoms with E-state index in [9.17, 15) is 9.59 Å². The van der Waals surface area contributed by atoms with Gasteiger partial charge in [-0.05, 0) is 6.92 Å². The second-order valence-corrected chi connectivity index (χ2v) is 7.14. The minimum atomic E-state index is -0.349. The third-order valence-electron chi connectivity index (χ3n) is 3.87. The normalized spacial score (nSPS) is 11.4. The summed E-state index contributed by atoms with van der Waals surface area (Å²) in [5.74, 6) is -0.349. The highest BCUT2D eigenvalue weighted by atomic mass is 32.1. The molecule has 4 aromatic rings. The van der Waals surface area contributed by atoms with Crippen LogP contribution in [0.2, 0.25) is 0 Å². The molecule has 24 heavy (non-hydrogen) atoms. The predicted molar refractivity (Wildman–Crippen MR) is 92.9 cm³/mol. The standard InChI is InChI=1S/C15H13N5O2S2/c1-9-11(19-3-5-24-15(19)17-9)8-18(2)12(21)10-7-16-14-20(13(10)22)4-6-23-14/h3-7H,8H2,1-2H3. The van der Waals surface area contributed by atoms with Gasteiger partial charge >= 0.3 is 0 Å². The molecule has 0 spiro atoms. The van der Waals surface area contributed by atoms with Crippen LogP contribution in [0.5, 0.6) is 0 Å². The van der Waals surface area contributed by atoms with E-state index < -0.39 is 0 Å². The summed E-state index contributed by atoms with van der Waals surface area (Å²) in [7, 11) is 1.68. The lowest BCUT2D eigenvalue weighted by atomic mass is 10.2. The molecule has 1 amide bonds. The maximum Gasteiger partial charge on any atom is 0.271 e. The van der Waals surface area contributed by atoms with Gasteiger partial charge in [-0.25, -0.2) is 9.97 Å². The number of nitrogens with zero attached hydrogens (tertiary/aromatic N) is 5. The molecule has 0 bridgehead atoms. The summed E-state index contributed by atoms with van der Waals surface area (Å²) in [5, 5.41) is 3.72. The Bertz CT molecular complexity index is 1120. The molecule has 4 heterocycles. The van der Waals surface area contributed by atoms with Crippen molar-refractivity contribution in [3.8, 4) is 0 Å². The van der Waals surface area contributed by atoms with Crippen molar-refractivity contribution in [2.24, 2.45) is 0 Å². The minimum absolute atomic E-state index is 0.0668. The summed E-state index contributed by atoms with van der Waals surface area (Å²) >= 11 is 2.90. The number of rotatable bonds is 3. The van der Waals surface area contributed by atoms with Crippen molar-refractivity contribution < 1.29 is 4.79 Å². The van der Waals surface area contributed by atoms with Gasteiger partial charge in [0.15, 0.2) is 9.92 Å². The van der Waals surface area contributed by atoms with Crippen LogP contribution in [0.1, 0.15) is 21.7 Å². The molecule has 0 aliphatic rings. The van der Waals surface area contributed by atoms with Crippen molar-refractivity contribution in [2.75, 3.05) is 7.05 Å². The Morgan fingerprint density at radius 1 is 1.21 bits per heavy atom. The van der Waals surface area contributed by atoms with Crippen LogP contribution in [-0.4, -0.2) is 36.6 Å². The molecular formula is C15H13N5O2S2. The van der Waals surface area contributed by atoms with E-state index in [2.05, 4.69) is 9.97 Å². The number of amides is 1. The number of aromatic nitrogens is 4. The van der Waals surface area contributed by atoms with Gasteiger partial charge < -0.3 is 4.90 Å². The highest BCUT2D eigenvalue weighted by Gasteiger charge is 2.20. The van der Waals surface area contributed by atoms with Gasteiger partial charge in [0, 0.05) is 36.4 Å². The van der Waals surface area contributed by atoms with Gasteiger partial charge in [0.05, 0.1) is 17.9 Å². The lowest BCUT2D eigenvalue weighted by Gasteiger charge is -2.16. The van der Waals surface area contributed by atoms with E-state index >= 15 is 0 Å². The number of carbonyl (C=O) groups excluding carboxylic acids is 1. The molecule has 0 aliphatic heterocycles. The van der Waals surface area contributed by atoms with Crippen LogP contribution < -0.4 is 5.56 Å². The Labute approximate surface area is 144 Å². The van der Waals surface area contributed by atoms with E-state index in [4.69, 9.17) is 0 Å². The van der Waals surface area contributed by atoms with Gasteiger partial charge in [-0.2, -0.15) is 0 Å². The smallest absolute Gasteiger partial charge is 0.271 e. The molecule has 0 radical (unpaired) electrons. The van der Waals surface area contributed by atoms with Crippen molar-refractivity contribution in [2.45, 2.75) is 13.5 Å². The molecule has 0 N–H and O–H groups in total. The number of hydrogen-bond acceptors (Lipinski definition) is 6. The Balaban J connectivity index is 1.68. The van der Waals surface area contributed by atoms with Crippen LogP contribution in [0, 0.1) is 6.92 Å². The van der Waals surface area contributed by atoms with Crippen LogP contribution >= 0.6 is 22.7 Å². The number of thiazole rings is 2. The van der Waals surface area contributed by atoms with Gasteiger partial charge in [0.1, 0.15) is 5.56 Å². The molecule has 4 rings (SSSR count). The van der Waals surface area contributed by atoms with Crippen molar-refractivity contribution in [3.63, 3.8) is 0 Å². The molecule has 0 saturated carbocycles. The summed E-state index contributed by atoms with van der Waals surface area (Å²) in [5.41, 5.74) is 1.54. The molecule has 0 atom stereocenters. The highest BCUT2D eigenvalue weighted by molar-refractivity contribution is 7.15. The first-order valence-corrected chi connectivity index (χ1v) is 8.93. The van der Waals surface area contributed by atoms with Crippen molar-refractivity contribution in [1.82, 2.24) is 23.7 Å². The molecule has 0 unspecified atom stereocenters. The predicted octanol–water partition coefficient (Wildman–Crippen LogP) is 2.05. The number of hydrogen-bond donors (Lipinski definition) is 0. The largest absolute Gasteiger partial charge is 0.336 e. The molecule has 122 valence electrons. The van der Waals surface area contributed by atoms with Crippen molar-refractivity contribution >= 4 is 38.5 Å².